The fourth-order valence-corrected chi connectivity index (χ4v) is 2.77. The van der Waals surface area contributed by atoms with E-state index in [1.807, 2.05) is 31.2 Å². The molecule has 0 saturated carbocycles. The summed E-state index contributed by atoms with van der Waals surface area (Å²) in [6.45, 7) is 3.28. The molecule has 6 nitrogen and oxygen atoms in total. The van der Waals surface area contributed by atoms with Crippen molar-refractivity contribution < 1.29 is 19.1 Å². The first-order valence-electron chi connectivity index (χ1n) is 7.79. The summed E-state index contributed by atoms with van der Waals surface area (Å²) in [6.07, 6.45) is 5.02. The number of ether oxygens (including phenoxy) is 2. The molecule has 2 heterocycles. The fraction of sp³-hybridized carbons (Fsp3) is 0.412. The summed E-state index contributed by atoms with van der Waals surface area (Å²) < 4.78 is 10.6. The summed E-state index contributed by atoms with van der Waals surface area (Å²) in [4.78, 5) is 24.7. The topological polar surface area (TPSA) is 59.1 Å². The third kappa shape index (κ3) is 3.31. The minimum absolute atomic E-state index is 0.0420. The minimum atomic E-state index is -0.0739. The van der Waals surface area contributed by atoms with Crippen LogP contribution in [0.15, 0.2) is 30.4 Å². The Morgan fingerprint density at radius 1 is 1.13 bits per heavy atom. The molecule has 0 atom stereocenters. The van der Waals surface area contributed by atoms with Crippen LogP contribution in [0, 0.1) is 0 Å². The molecule has 23 heavy (non-hydrogen) atoms. The summed E-state index contributed by atoms with van der Waals surface area (Å²) >= 11 is 0. The van der Waals surface area contributed by atoms with E-state index in [9.17, 15) is 9.59 Å². The normalized spacial score (nSPS) is 16.4. The Morgan fingerprint density at radius 3 is 2.65 bits per heavy atom. The molecule has 1 saturated heterocycles. The standard InChI is InChI=1S/C17H20N2O4/c1-2-3-5-16(20)18-8-4-9-19(18)17(21)11-13-6-7-14-15(10-13)23-12-22-14/h2-3,6-7,10H,4-5,8-9,11-12H2,1H3. The van der Waals surface area contributed by atoms with Gasteiger partial charge in [0.05, 0.1) is 6.42 Å². The van der Waals surface area contributed by atoms with Gasteiger partial charge in [-0.15, -0.1) is 0 Å². The molecule has 0 radical (unpaired) electrons. The van der Waals surface area contributed by atoms with Gasteiger partial charge in [0, 0.05) is 19.5 Å². The molecule has 0 bridgehead atoms. The molecule has 2 amide bonds. The molecular formula is C17H20N2O4. The predicted molar refractivity (Wildman–Crippen MR) is 83.7 cm³/mol. The Labute approximate surface area is 135 Å². The van der Waals surface area contributed by atoms with Crippen LogP contribution < -0.4 is 9.47 Å². The SMILES string of the molecule is CC=CCC(=O)N1CCCN1C(=O)Cc1ccc2c(c1)OCO2. The second-order valence-electron chi connectivity index (χ2n) is 5.52. The van der Waals surface area contributed by atoms with E-state index in [1.165, 1.54) is 0 Å². The molecule has 2 aliphatic rings. The second-order valence-corrected chi connectivity index (χ2v) is 5.52. The Bertz CT molecular complexity index is 641. The highest BCUT2D eigenvalue weighted by atomic mass is 16.7. The number of allylic oxidation sites excluding steroid dienone is 1. The van der Waals surface area contributed by atoms with Crippen molar-refractivity contribution in [2.75, 3.05) is 19.9 Å². The zero-order chi connectivity index (χ0) is 16.2. The zero-order valence-electron chi connectivity index (χ0n) is 13.2. The van der Waals surface area contributed by atoms with Crippen LogP contribution in [0.1, 0.15) is 25.3 Å². The Balaban J connectivity index is 1.66. The third-order valence-corrected chi connectivity index (χ3v) is 3.93. The smallest absolute Gasteiger partial charge is 0.245 e. The molecule has 6 heteroatoms. The maximum absolute atomic E-state index is 12.5. The number of hydrogen-bond donors (Lipinski definition) is 0. The lowest BCUT2D eigenvalue weighted by Gasteiger charge is -2.27. The number of hydrogen-bond acceptors (Lipinski definition) is 4. The van der Waals surface area contributed by atoms with Crippen molar-refractivity contribution in [1.82, 2.24) is 10.0 Å². The van der Waals surface area contributed by atoms with E-state index in [1.54, 1.807) is 16.1 Å². The Kier molecular flexibility index (Phi) is 4.50. The third-order valence-electron chi connectivity index (χ3n) is 3.93. The van der Waals surface area contributed by atoms with Crippen LogP contribution in [0.2, 0.25) is 0 Å². The van der Waals surface area contributed by atoms with Crippen molar-refractivity contribution in [3.05, 3.63) is 35.9 Å². The first-order chi connectivity index (χ1) is 11.2. The van der Waals surface area contributed by atoms with E-state index in [0.717, 1.165) is 12.0 Å². The average Bonchev–Trinajstić information content (AvgIpc) is 3.20. The Morgan fingerprint density at radius 2 is 1.87 bits per heavy atom. The summed E-state index contributed by atoms with van der Waals surface area (Å²) in [7, 11) is 0. The van der Waals surface area contributed by atoms with Crippen LogP contribution in [-0.2, 0) is 16.0 Å². The van der Waals surface area contributed by atoms with E-state index >= 15 is 0 Å². The van der Waals surface area contributed by atoms with Crippen molar-refractivity contribution in [3.8, 4) is 11.5 Å². The van der Waals surface area contributed by atoms with Crippen LogP contribution in [0.5, 0.6) is 11.5 Å². The van der Waals surface area contributed by atoms with Crippen molar-refractivity contribution >= 4 is 11.8 Å². The quantitative estimate of drug-likeness (QED) is 0.796. The highest BCUT2D eigenvalue weighted by Crippen LogP contribution is 2.32. The maximum atomic E-state index is 12.5. The van der Waals surface area contributed by atoms with Crippen molar-refractivity contribution in [1.29, 1.82) is 0 Å². The molecule has 0 aromatic heterocycles. The van der Waals surface area contributed by atoms with Gasteiger partial charge in [-0.25, -0.2) is 0 Å². The van der Waals surface area contributed by atoms with Crippen molar-refractivity contribution in [2.24, 2.45) is 0 Å². The molecule has 122 valence electrons. The number of benzene rings is 1. The van der Waals surface area contributed by atoms with Crippen molar-refractivity contribution in [2.45, 2.75) is 26.2 Å². The van der Waals surface area contributed by atoms with Gasteiger partial charge in [0.1, 0.15) is 0 Å². The molecule has 3 rings (SSSR count). The molecule has 0 aliphatic carbocycles. The van der Waals surface area contributed by atoms with Crippen LogP contribution in [0.4, 0.5) is 0 Å². The molecule has 0 unspecified atom stereocenters. The molecule has 1 aromatic carbocycles. The van der Waals surface area contributed by atoms with Gasteiger partial charge < -0.3 is 9.47 Å². The number of fused-ring (bicyclic) bond motifs is 1. The number of hydrazine groups is 1. The van der Waals surface area contributed by atoms with Gasteiger partial charge in [-0.3, -0.25) is 19.6 Å². The maximum Gasteiger partial charge on any atom is 0.245 e. The van der Waals surface area contributed by atoms with Gasteiger partial charge in [-0.1, -0.05) is 18.2 Å². The van der Waals surface area contributed by atoms with E-state index in [0.29, 0.717) is 31.0 Å². The number of nitrogens with zero attached hydrogens (tertiary/aromatic N) is 2. The number of amides is 2. The average molecular weight is 316 g/mol. The molecule has 2 aliphatic heterocycles. The molecular weight excluding hydrogens is 296 g/mol. The molecule has 1 aromatic rings. The summed E-state index contributed by atoms with van der Waals surface area (Å²) in [5.74, 6) is 1.25. The van der Waals surface area contributed by atoms with E-state index < -0.39 is 0 Å². The number of rotatable bonds is 4. The lowest BCUT2D eigenvalue weighted by atomic mass is 10.1. The van der Waals surface area contributed by atoms with Crippen LogP contribution in [0.3, 0.4) is 0 Å². The fourth-order valence-electron chi connectivity index (χ4n) is 2.77. The monoisotopic (exact) mass is 316 g/mol. The first-order valence-corrected chi connectivity index (χ1v) is 7.79. The highest BCUT2D eigenvalue weighted by Gasteiger charge is 2.30. The van der Waals surface area contributed by atoms with E-state index in [4.69, 9.17) is 9.47 Å². The number of carbonyl (C=O) groups is 2. The molecule has 1 fully saturated rings. The largest absolute Gasteiger partial charge is 0.454 e. The lowest BCUT2D eigenvalue weighted by Crippen LogP contribution is -2.45. The zero-order valence-corrected chi connectivity index (χ0v) is 13.2. The van der Waals surface area contributed by atoms with Crippen LogP contribution in [-0.4, -0.2) is 41.7 Å². The Hall–Kier alpha value is -2.50. The molecule has 0 spiro atoms. The van der Waals surface area contributed by atoms with Gasteiger partial charge in [-0.05, 0) is 31.0 Å². The summed E-state index contributed by atoms with van der Waals surface area (Å²) in [5.41, 5.74) is 0.854. The summed E-state index contributed by atoms with van der Waals surface area (Å²) in [5, 5.41) is 3.13. The van der Waals surface area contributed by atoms with Gasteiger partial charge in [0.15, 0.2) is 11.5 Å². The van der Waals surface area contributed by atoms with Gasteiger partial charge >= 0.3 is 0 Å². The van der Waals surface area contributed by atoms with Crippen LogP contribution in [0.25, 0.3) is 0 Å². The van der Waals surface area contributed by atoms with Gasteiger partial charge in [-0.2, -0.15) is 0 Å². The summed E-state index contributed by atoms with van der Waals surface area (Å²) in [6, 6.07) is 5.49. The van der Waals surface area contributed by atoms with E-state index in [2.05, 4.69) is 0 Å². The first kappa shape index (κ1) is 15.4. The predicted octanol–water partition coefficient (Wildman–Crippen LogP) is 1.90. The van der Waals surface area contributed by atoms with Crippen LogP contribution >= 0.6 is 0 Å². The van der Waals surface area contributed by atoms with Crippen molar-refractivity contribution in [3.63, 3.8) is 0 Å². The lowest BCUT2D eigenvalue weighted by molar-refractivity contribution is -0.156. The molecule has 0 N–H and O–H groups in total. The second kappa shape index (κ2) is 6.73. The minimum Gasteiger partial charge on any atom is -0.454 e. The number of carbonyl (C=O) groups excluding carboxylic acids is 2. The van der Waals surface area contributed by atoms with E-state index in [-0.39, 0.29) is 25.0 Å². The van der Waals surface area contributed by atoms with Gasteiger partial charge in [0.2, 0.25) is 18.6 Å². The highest BCUT2D eigenvalue weighted by molar-refractivity contribution is 5.84. The van der Waals surface area contributed by atoms with Gasteiger partial charge in [0.25, 0.3) is 0 Å².